The molecule has 1 fully saturated rings. The molecular formula is C12H23ClN4. The van der Waals surface area contributed by atoms with Gasteiger partial charge in [0, 0.05) is 31.0 Å². The van der Waals surface area contributed by atoms with E-state index in [2.05, 4.69) is 27.3 Å². The van der Waals surface area contributed by atoms with Crippen LogP contribution in [0.2, 0.25) is 0 Å². The van der Waals surface area contributed by atoms with E-state index in [1.165, 1.54) is 32.4 Å². The van der Waals surface area contributed by atoms with E-state index < -0.39 is 0 Å². The predicted molar refractivity (Wildman–Crippen MR) is 72.4 cm³/mol. The van der Waals surface area contributed by atoms with Crippen LogP contribution in [0.25, 0.3) is 0 Å². The van der Waals surface area contributed by atoms with Crippen LogP contribution in [-0.2, 0) is 6.54 Å². The molecule has 0 bridgehead atoms. The number of aromatic nitrogens is 2. The third-order valence-electron chi connectivity index (χ3n) is 3.38. The normalized spacial score (nSPS) is 17.9. The van der Waals surface area contributed by atoms with E-state index in [9.17, 15) is 0 Å². The molecule has 0 aliphatic carbocycles. The van der Waals surface area contributed by atoms with Crippen molar-refractivity contribution in [1.82, 2.24) is 20.4 Å². The molecule has 17 heavy (non-hydrogen) atoms. The van der Waals surface area contributed by atoms with Gasteiger partial charge in [-0.2, -0.15) is 5.10 Å². The maximum atomic E-state index is 3.94. The molecule has 2 rings (SSSR count). The van der Waals surface area contributed by atoms with Gasteiger partial charge in [0.1, 0.15) is 0 Å². The molecule has 4 nitrogen and oxygen atoms in total. The summed E-state index contributed by atoms with van der Waals surface area (Å²) < 4.78 is 0. The number of hydrogen-bond acceptors (Lipinski definition) is 3. The van der Waals surface area contributed by atoms with Gasteiger partial charge in [0.05, 0.1) is 0 Å². The van der Waals surface area contributed by atoms with E-state index in [1.807, 2.05) is 6.07 Å². The van der Waals surface area contributed by atoms with Crippen LogP contribution in [-0.4, -0.2) is 40.8 Å². The van der Waals surface area contributed by atoms with Gasteiger partial charge in [0.25, 0.3) is 0 Å². The van der Waals surface area contributed by atoms with Crippen molar-refractivity contribution in [3.63, 3.8) is 0 Å². The molecule has 1 aromatic heterocycles. The zero-order valence-electron chi connectivity index (χ0n) is 10.5. The van der Waals surface area contributed by atoms with Crippen LogP contribution in [0.5, 0.6) is 0 Å². The number of halogens is 1. The van der Waals surface area contributed by atoms with Crippen molar-refractivity contribution >= 4 is 12.4 Å². The van der Waals surface area contributed by atoms with Crippen LogP contribution < -0.4 is 5.32 Å². The fraction of sp³-hybridized carbons (Fsp3) is 0.750. The molecule has 98 valence electrons. The van der Waals surface area contributed by atoms with Gasteiger partial charge >= 0.3 is 0 Å². The Bertz CT molecular complexity index is 283. The average molecular weight is 259 g/mol. The first-order chi connectivity index (χ1) is 7.90. The third-order valence-corrected chi connectivity index (χ3v) is 3.38. The second-order valence-electron chi connectivity index (χ2n) is 4.52. The van der Waals surface area contributed by atoms with Crippen LogP contribution in [0.1, 0.15) is 31.9 Å². The molecule has 1 unspecified atom stereocenters. The Hall–Kier alpha value is -0.580. The van der Waals surface area contributed by atoms with Gasteiger partial charge in [0.15, 0.2) is 0 Å². The van der Waals surface area contributed by atoms with Gasteiger partial charge in [-0.25, -0.2) is 0 Å². The summed E-state index contributed by atoms with van der Waals surface area (Å²) in [5, 5.41) is 10.4. The lowest BCUT2D eigenvalue weighted by atomic mass is 10.2. The Morgan fingerprint density at radius 3 is 2.82 bits per heavy atom. The number of hydrogen-bond donors (Lipinski definition) is 2. The smallest absolute Gasteiger partial charge is 0.0490 e. The highest BCUT2D eigenvalue weighted by molar-refractivity contribution is 5.85. The van der Waals surface area contributed by atoms with Gasteiger partial charge in [0.2, 0.25) is 0 Å². The van der Waals surface area contributed by atoms with Crippen LogP contribution in [0, 0.1) is 0 Å². The maximum absolute atomic E-state index is 3.94. The van der Waals surface area contributed by atoms with Gasteiger partial charge in [-0.3, -0.25) is 10.00 Å². The third kappa shape index (κ3) is 4.30. The second-order valence-corrected chi connectivity index (χ2v) is 4.52. The topological polar surface area (TPSA) is 44.0 Å². The number of likely N-dealkylation sites (tertiary alicyclic amines) is 1. The van der Waals surface area contributed by atoms with Crippen molar-refractivity contribution in [3.8, 4) is 0 Å². The molecular weight excluding hydrogens is 236 g/mol. The fourth-order valence-electron chi connectivity index (χ4n) is 2.39. The number of aromatic amines is 1. The lowest BCUT2D eigenvalue weighted by Gasteiger charge is -2.26. The molecule has 0 amide bonds. The van der Waals surface area contributed by atoms with Crippen LogP contribution in [0.15, 0.2) is 12.3 Å². The summed E-state index contributed by atoms with van der Waals surface area (Å²) in [6.07, 6.45) is 5.78. The lowest BCUT2D eigenvalue weighted by Crippen LogP contribution is -2.40. The van der Waals surface area contributed by atoms with Gasteiger partial charge in [-0.1, -0.05) is 6.92 Å². The quantitative estimate of drug-likeness (QED) is 0.818. The molecule has 0 aromatic carbocycles. The van der Waals surface area contributed by atoms with Gasteiger partial charge in [-0.05, 0) is 38.4 Å². The van der Waals surface area contributed by atoms with Crippen LogP contribution >= 0.6 is 12.4 Å². The highest BCUT2D eigenvalue weighted by Gasteiger charge is 2.19. The minimum absolute atomic E-state index is 0. The van der Waals surface area contributed by atoms with E-state index in [0.717, 1.165) is 18.8 Å². The van der Waals surface area contributed by atoms with Crippen molar-refractivity contribution in [1.29, 1.82) is 0 Å². The van der Waals surface area contributed by atoms with E-state index in [1.54, 1.807) is 6.20 Å². The average Bonchev–Trinajstić information content (AvgIpc) is 2.96. The molecule has 1 aliphatic heterocycles. The molecule has 1 aromatic rings. The number of nitrogens with zero attached hydrogens (tertiary/aromatic N) is 2. The van der Waals surface area contributed by atoms with Crippen molar-refractivity contribution in [2.45, 2.75) is 38.8 Å². The Morgan fingerprint density at radius 2 is 2.24 bits per heavy atom. The first kappa shape index (κ1) is 14.5. The predicted octanol–water partition coefficient (Wildman–Crippen LogP) is 1.80. The van der Waals surface area contributed by atoms with E-state index in [0.29, 0.717) is 6.04 Å². The summed E-state index contributed by atoms with van der Waals surface area (Å²) >= 11 is 0. The molecule has 5 heteroatoms. The largest absolute Gasteiger partial charge is 0.310 e. The Morgan fingerprint density at radius 1 is 1.47 bits per heavy atom. The number of rotatable bonds is 6. The lowest BCUT2D eigenvalue weighted by molar-refractivity contribution is 0.229. The van der Waals surface area contributed by atoms with Crippen LogP contribution in [0.3, 0.4) is 0 Å². The summed E-state index contributed by atoms with van der Waals surface area (Å²) in [6.45, 7) is 6.81. The first-order valence-electron chi connectivity index (χ1n) is 6.33. The zero-order valence-corrected chi connectivity index (χ0v) is 11.3. The molecule has 2 N–H and O–H groups in total. The monoisotopic (exact) mass is 258 g/mol. The Kier molecular flexibility index (Phi) is 6.55. The second kappa shape index (κ2) is 7.69. The van der Waals surface area contributed by atoms with E-state index >= 15 is 0 Å². The highest BCUT2D eigenvalue weighted by atomic mass is 35.5. The molecule has 2 heterocycles. The fourth-order valence-corrected chi connectivity index (χ4v) is 2.39. The molecule has 1 atom stereocenters. The number of H-pyrrole nitrogens is 1. The zero-order chi connectivity index (χ0) is 11.2. The van der Waals surface area contributed by atoms with E-state index in [4.69, 9.17) is 0 Å². The summed E-state index contributed by atoms with van der Waals surface area (Å²) in [7, 11) is 0. The molecule has 1 saturated heterocycles. The Balaban J connectivity index is 0.00000144. The maximum Gasteiger partial charge on any atom is 0.0490 e. The summed E-state index contributed by atoms with van der Waals surface area (Å²) in [6, 6.07) is 2.72. The summed E-state index contributed by atoms with van der Waals surface area (Å²) in [4.78, 5) is 2.61. The molecule has 0 saturated carbocycles. The van der Waals surface area contributed by atoms with Gasteiger partial charge in [-0.15, -0.1) is 12.4 Å². The SMILES string of the molecule is CCC(CNCc1ccn[nH]1)N1CCCC1.Cl. The van der Waals surface area contributed by atoms with Crippen molar-refractivity contribution in [2.24, 2.45) is 0 Å². The van der Waals surface area contributed by atoms with Crippen molar-refractivity contribution in [3.05, 3.63) is 18.0 Å². The molecule has 0 radical (unpaired) electrons. The van der Waals surface area contributed by atoms with Crippen molar-refractivity contribution < 1.29 is 0 Å². The first-order valence-corrected chi connectivity index (χ1v) is 6.33. The Labute approximate surface area is 110 Å². The summed E-state index contributed by atoms with van der Waals surface area (Å²) in [5.41, 5.74) is 1.16. The van der Waals surface area contributed by atoms with Crippen molar-refractivity contribution in [2.75, 3.05) is 19.6 Å². The minimum atomic E-state index is 0. The number of nitrogens with one attached hydrogen (secondary N) is 2. The van der Waals surface area contributed by atoms with Crippen LogP contribution in [0.4, 0.5) is 0 Å². The molecule has 1 aliphatic rings. The molecule has 0 spiro atoms. The minimum Gasteiger partial charge on any atom is -0.310 e. The summed E-state index contributed by atoms with van der Waals surface area (Å²) in [5.74, 6) is 0. The standard InChI is InChI=1S/C12H22N4.ClH/c1-2-12(16-7-3-4-8-16)10-13-9-11-5-6-14-15-11;/h5-6,12-13H,2-4,7-10H2,1H3,(H,14,15);1H. The van der Waals surface area contributed by atoms with Gasteiger partial charge < -0.3 is 5.32 Å². The highest BCUT2D eigenvalue weighted by Crippen LogP contribution is 2.13. The van der Waals surface area contributed by atoms with E-state index in [-0.39, 0.29) is 12.4 Å².